The average Bonchev–Trinajstić information content (AvgIpc) is 4.29. The van der Waals surface area contributed by atoms with Crippen molar-refractivity contribution in [2.24, 2.45) is 23.7 Å². The number of hydrogen-bond acceptors (Lipinski definition) is 14. The Morgan fingerprint density at radius 3 is 2.06 bits per heavy atom. The lowest BCUT2D eigenvalue weighted by molar-refractivity contribution is -0.162. The molecule has 462 valence electrons. The highest BCUT2D eigenvalue weighted by Crippen LogP contribution is 2.38. The Labute approximate surface area is 488 Å². The van der Waals surface area contributed by atoms with Gasteiger partial charge in [-0.15, -0.1) is 0 Å². The van der Waals surface area contributed by atoms with E-state index in [2.05, 4.69) is 49.8 Å². The molecule has 4 rings (SSSR count). The molecule has 12 atom stereocenters. The van der Waals surface area contributed by atoms with Crippen molar-refractivity contribution in [3.8, 4) is 5.75 Å². The Morgan fingerprint density at radius 1 is 0.878 bits per heavy atom. The molecule has 0 spiro atoms. The number of nitrogens with one attached hydrogen (secondary N) is 3. The Hall–Kier alpha value is -5.61. The van der Waals surface area contributed by atoms with E-state index in [0.717, 1.165) is 0 Å². The highest BCUT2D eigenvalue weighted by molar-refractivity contribution is 6.74. The molecule has 3 aliphatic heterocycles. The molecule has 1 aromatic carbocycles. The van der Waals surface area contributed by atoms with E-state index in [4.69, 9.17) is 18.6 Å². The summed E-state index contributed by atoms with van der Waals surface area (Å²) in [4.78, 5) is 137. The third-order valence-electron chi connectivity index (χ3n) is 16.9. The zero-order chi connectivity index (χ0) is 61.9. The average molecular weight is 1170 g/mol. The van der Waals surface area contributed by atoms with Crippen LogP contribution in [0.1, 0.15) is 147 Å². The minimum atomic E-state index is -2.39. The first kappa shape index (κ1) is 68.9. The van der Waals surface area contributed by atoms with Crippen LogP contribution in [0.15, 0.2) is 24.3 Å². The van der Waals surface area contributed by atoms with Gasteiger partial charge in [0.15, 0.2) is 14.4 Å². The van der Waals surface area contributed by atoms with E-state index >= 15 is 14.4 Å². The van der Waals surface area contributed by atoms with Gasteiger partial charge in [-0.05, 0) is 112 Å². The molecule has 0 bridgehead atoms. The molecule has 7 amide bonds. The van der Waals surface area contributed by atoms with Crippen molar-refractivity contribution in [1.29, 1.82) is 0 Å². The molecule has 82 heavy (non-hydrogen) atoms. The number of carbonyl (C=O) groups excluding carboxylic acids is 9. The largest absolute Gasteiger partial charge is 0.497 e. The van der Waals surface area contributed by atoms with Crippen LogP contribution in [0.5, 0.6) is 5.75 Å². The second-order valence-corrected chi connectivity index (χ2v) is 30.4. The molecular formula is C60H99N7O14Si. The number of carbonyl (C=O) groups is 9. The molecule has 3 fully saturated rings. The van der Waals surface area contributed by atoms with Crippen LogP contribution in [0.4, 0.5) is 0 Å². The summed E-state index contributed by atoms with van der Waals surface area (Å²) in [6.45, 7) is 28.3. The summed E-state index contributed by atoms with van der Waals surface area (Å²) in [6.07, 6.45) is -3.84. The predicted octanol–water partition coefficient (Wildman–Crippen LogP) is 5.14. The van der Waals surface area contributed by atoms with Crippen molar-refractivity contribution >= 4 is 61.6 Å². The molecule has 22 heteroatoms. The lowest BCUT2D eigenvalue weighted by Crippen LogP contribution is -2.62. The minimum absolute atomic E-state index is 0.0914. The van der Waals surface area contributed by atoms with Crippen LogP contribution in [0.3, 0.4) is 0 Å². The smallest absolute Gasteiger partial charge is 0.329 e. The fraction of sp³-hybridized carbons (Fsp3) is 0.750. The van der Waals surface area contributed by atoms with Crippen molar-refractivity contribution in [3.05, 3.63) is 29.8 Å². The SMILES string of the molecule is CC[C@H](C)[C@H]1NC(=O)[C@@H](NC(=O)[C@@H](CC(C)C)N(C)C(=O)C2CCCN2C(=O)C(C)O[Si](C)(C)C(C)(C)C)[C@@H](C)OC(=O)[C@H](Cc2ccc(OC)cc2)N(C)C(=O)[C@@H]2CCCN2C(=O)[C@H](CC(C)C)NC(=O)[C@H](C(C)C)OC(=O)C[C@@H]1O. The summed E-state index contributed by atoms with van der Waals surface area (Å²) in [5.41, 5.74) is 0.605. The number of aliphatic hydroxyl groups excluding tert-OH is 1. The minimum Gasteiger partial charge on any atom is -0.497 e. The second kappa shape index (κ2) is 29.8. The van der Waals surface area contributed by atoms with Gasteiger partial charge in [0.2, 0.25) is 29.5 Å². The molecule has 0 aliphatic carbocycles. The first-order valence-electron chi connectivity index (χ1n) is 29.6. The Morgan fingerprint density at radius 2 is 1.50 bits per heavy atom. The Balaban J connectivity index is 1.84. The lowest BCUT2D eigenvalue weighted by Gasteiger charge is -2.39. The fourth-order valence-corrected chi connectivity index (χ4v) is 12.1. The maximum Gasteiger partial charge on any atom is 0.329 e. The standard InChI is InChI=1S/C60H99N7O14Si/c1-19-37(8)49-47(68)33-48(69)80-51(36(6)7)54(72)61-42(30-34(2)3)56(74)67-29-21-23-44(67)58(76)65(15)46(32-40-24-26-41(78-16)27-25-40)59(77)79-38(9)50(53(71)62-49)63-52(70)45(31-35(4)5)64(14)57(75)43-22-20-28-66(43)55(73)39(10)81-82(17,18)60(11,12)13/h24-27,34-39,42-47,49-51,68H,19-23,28-33H2,1-18H3,(H,61,72)(H,62,71)(H,63,70)/t37-,38+,39?,42-,43?,44-,45+,46-,47-,49+,50-,51-/m0/s1. The van der Waals surface area contributed by atoms with Gasteiger partial charge in [0.05, 0.1) is 25.7 Å². The van der Waals surface area contributed by atoms with Gasteiger partial charge in [-0.1, -0.05) is 94.7 Å². The van der Waals surface area contributed by atoms with Crippen LogP contribution >= 0.6 is 0 Å². The van der Waals surface area contributed by atoms with E-state index in [1.807, 2.05) is 34.6 Å². The maximum atomic E-state index is 15.1. The maximum absolute atomic E-state index is 15.1. The second-order valence-electron chi connectivity index (χ2n) is 25.7. The van der Waals surface area contributed by atoms with Crippen molar-refractivity contribution in [2.75, 3.05) is 34.3 Å². The highest BCUT2D eigenvalue weighted by Gasteiger charge is 2.47. The number of aliphatic hydroxyl groups is 1. The number of amides is 7. The number of fused-ring (bicyclic) bond motifs is 1. The van der Waals surface area contributed by atoms with Gasteiger partial charge < -0.3 is 59.3 Å². The number of benzene rings is 1. The number of esters is 2. The fourth-order valence-electron chi connectivity index (χ4n) is 10.7. The number of likely N-dealkylation sites (N-methyl/N-ethyl adjacent to an activating group) is 2. The predicted molar refractivity (Wildman–Crippen MR) is 312 cm³/mol. The number of cyclic esters (lactones) is 2. The van der Waals surface area contributed by atoms with Crippen LogP contribution in [0.25, 0.3) is 0 Å². The van der Waals surface area contributed by atoms with Crippen LogP contribution < -0.4 is 20.7 Å². The van der Waals surface area contributed by atoms with Gasteiger partial charge in [0.1, 0.15) is 54.2 Å². The van der Waals surface area contributed by atoms with Gasteiger partial charge >= 0.3 is 11.9 Å². The first-order valence-corrected chi connectivity index (χ1v) is 32.5. The molecule has 0 radical (unpaired) electrons. The van der Waals surface area contributed by atoms with Crippen molar-refractivity contribution in [1.82, 2.24) is 35.6 Å². The summed E-state index contributed by atoms with van der Waals surface area (Å²) in [5.74, 6) is -7.13. The van der Waals surface area contributed by atoms with E-state index < -0.39 is 141 Å². The summed E-state index contributed by atoms with van der Waals surface area (Å²) in [6, 6.07) is -1.71. The quantitative estimate of drug-likeness (QED) is 0.116. The van der Waals surface area contributed by atoms with E-state index in [1.54, 1.807) is 52.0 Å². The van der Waals surface area contributed by atoms with Gasteiger partial charge in [-0.2, -0.15) is 0 Å². The molecule has 3 saturated heterocycles. The van der Waals surface area contributed by atoms with Crippen LogP contribution in [0, 0.1) is 23.7 Å². The molecule has 1 aromatic rings. The highest BCUT2D eigenvalue weighted by atomic mass is 28.4. The molecule has 0 saturated carbocycles. The number of likely N-dealkylation sites (tertiary alicyclic amines) is 1. The normalized spacial score (nSPS) is 26.3. The number of hydrogen-bond donors (Lipinski definition) is 4. The van der Waals surface area contributed by atoms with Gasteiger partial charge in [0.25, 0.3) is 11.8 Å². The van der Waals surface area contributed by atoms with Gasteiger partial charge in [0, 0.05) is 33.6 Å². The van der Waals surface area contributed by atoms with Crippen molar-refractivity contribution in [3.63, 3.8) is 0 Å². The van der Waals surface area contributed by atoms with Gasteiger partial charge in [-0.3, -0.25) is 38.4 Å². The van der Waals surface area contributed by atoms with E-state index in [9.17, 15) is 33.9 Å². The number of nitrogens with zero attached hydrogens (tertiary/aromatic N) is 4. The Bertz CT molecular complexity index is 2400. The third kappa shape index (κ3) is 17.7. The van der Waals surface area contributed by atoms with Crippen LogP contribution in [-0.2, 0) is 63.5 Å². The van der Waals surface area contributed by atoms with Crippen LogP contribution in [-0.4, -0.2) is 187 Å². The Kier molecular flexibility index (Phi) is 25.0. The number of ether oxygens (including phenoxy) is 3. The van der Waals surface area contributed by atoms with Gasteiger partial charge in [-0.25, -0.2) is 4.79 Å². The van der Waals surface area contributed by atoms with Crippen molar-refractivity contribution < 1.29 is 66.9 Å². The zero-order valence-electron chi connectivity index (χ0n) is 52.3. The molecule has 3 aliphatic rings. The number of rotatable bonds is 17. The number of methoxy groups -OCH3 is 1. The lowest BCUT2D eigenvalue weighted by atomic mass is 9.92. The van der Waals surface area contributed by atoms with E-state index in [1.165, 1.54) is 47.7 Å². The molecule has 4 N–H and O–H groups in total. The van der Waals surface area contributed by atoms with Crippen LogP contribution in [0.2, 0.25) is 18.1 Å². The summed E-state index contributed by atoms with van der Waals surface area (Å²) in [5, 5.41) is 20.2. The molecular weight excluding hydrogens is 1070 g/mol. The molecule has 2 unspecified atom stereocenters. The van der Waals surface area contributed by atoms with E-state index in [0.29, 0.717) is 43.5 Å². The first-order chi connectivity index (χ1) is 38.1. The third-order valence-corrected chi connectivity index (χ3v) is 21.5. The molecule has 0 aromatic heterocycles. The molecule has 21 nitrogen and oxygen atoms in total. The monoisotopic (exact) mass is 1170 g/mol. The molecule has 3 heterocycles. The summed E-state index contributed by atoms with van der Waals surface area (Å²) < 4.78 is 23.8. The zero-order valence-corrected chi connectivity index (χ0v) is 53.3. The van der Waals surface area contributed by atoms with E-state index in [-0.39, 0.29) is 55.0 Å². The summed E-state index contributed by atoms with van der Waals surface area (Å²) in [7, 11) is 2.03. The topological polar surface area (TPSA) is 260 Å². The van der Waals surface area contributed by atoms with Crippen molar-refractivity contribution in [2.45, 2.75) is 233 Å². The summed E-state index contributed by atoms with van der Waals surface area (Å²) >= 11 is 0.